The van der Waals surface area contributed by atoms with Gasteiger partial charge >= 0.3 is 0 Å². The predicted molar refractivity (Wildman–Crippen MR) is 75.3 cm³/mol. The number of benzene rings is 2. The Morgan fingerprint density at radius 1 is 0.947 bits per heavy atom. The van der Waals surface area contributed by atoms with Gasteiger partial charge in [-0.05, 0) is 36.7 Å². The fraction of sp³-hybridized carbons (Fsp3) is 0.188. The molecule has 19 heavy (non-hydrogen) atoms. The van der Waals surface area contributed by atoms with E-state index >= 15 is 0 Å². The van der Waals surface area contributed by atoms with Gasteiger partial charge in [-0.1, -0.05) is 48.5 Å². The zero-order valence-corrected chi connectivity index (χ0v) is 11.1. The highest BCUT2D eigenvalue weighted by Crippen LogP contribution is 2.25. The summed E-state index contributed by atoms with van der Waals surface area (Å²) in [4.78, 5) is 0. The van der Waals surface area contributed by atoms with Crippen LogP contribution in [0.4, 0.5) is 0 Å². The molecule has 0 bridgehead atoms. The molecule has 2 rings (SSSR count). The van der Waals surface area contributed by atoms with Crippen LogP contribution in [0.2, 0.25) is 0 Å². The molecule has 3 heteroatoms. The van der Waals surface area contributed by atoms with Gasteiger partial charge in [0.15, 0.2) is 0 Å². The van der Waals surface area contributed by atoms with E-state index < -0.39 is 5.60 Å². The summed E-state index contributed by atoms with van der Waals surface area (Å²) in [5.74, 6) is 0.217. The molecule has 0 aliphatic heterocycles. The van der Waals surface area contributed by atoms with Gasteiger partial charge in [0.2, 0.25) is 0 Å². The van der Waals surface area contributed by atoms with E-state index in [2.05, 4.69) is 5.16 Å². The van der Waals surface area contributed by atoms with Gasteiger partial charge in [0.05, 0.1) is 0 Å². The minimum absolute atomic E-state index is 0.217. The zero-order valence-electron chi connectivity index (χ0n) is 11.1. The normalized spacial score (nSPS) is 12.2. The first-order valence-corrected chi connectivity index (χ1v) is 6.15. The zero-order chi connectivity index (χ0) is 13.7. The Morgan fingerprint density at radius 3 is 2.00 bits per heavy atom. The van der Waals surface area contributed by atoms with Crippen LogP contribution in [0.5, 0.6) is 0 Å². The molecule has 0 aliphatic rings. The van der Waals surface area contributed by atoms with Crippen LogP contribution in [0.15, 0.2) is 65.8 Å². The molecule has 2 aromatic carbocycles. The molecule has 3 nitrogen and oxygen atoms in total. The van der Waals surface area contributed by atoms with Crippen LogP contribution < -0.4 is 0 Å². The second kappa shape index (κ2) is 5.57. The standard InChI is InChI=1S/C16H17NO2/c1-16(2,14-11-7-4-8-12-14)19-15(17-18)13-9-5-3-6-10-13/h3-12,18H,1-2H3. The Bertz CT molecular complexity index is 547. The van der Waals surface area contributed by atoms with Crippen molar-refractivity contribution in [1.29, 1.82) is 0 Å². The molecular formula is C16H17NO2. The predicted octanol–water partition coefficient (Wildman–Crippen LogP) is 3.77. The molecule has 1 N–H and O–H groups in total. The molecule has 0 atom stereocenters. The van der Waals surface area contributed by atoms with Gasteiger partial charge in [-0.15, -0.1) is 0 Å². The first-order chi connectivity index (χ1) is 9.13. The Kier molecular flexibility index (Phi) is 3.85. The van der Waals surface area contributed by atoms with Crippen LogP contribution in [0.25, 0.3) is 0 Å². The number of hydrogen-bond acceptors (Lipinski definition) is 3. The van der Waals surface area contributed by atoms with Crippen LogP contribution in [0.3, 0.4) is 0 Å². The summed E-state index contributed by atoms with van der Waals surface area (Å²) in [6, 6.07) is 19.2. The van der Waals surface area contributed by atoms with Crippen LogP contribution in [-0.2, 0) is 10.3 Å². The lowest BCUT2D eigenvalue weighted by molar-refractivity contribution is 0.0873. The molecule has 0 saturated carbocycles. The average molecular weight is 255 g/mol. The van der Waals surface area contributed by atoms with Crippen molar-refractivity contribution in [2.75, 3.05) is 0 Å². The molecule has 0 aliphatic carbocycles. The fourth-order valence-electron chi connectivity index (χ4n) is 1.86. The van der Waals surface area contributed by atoms with E-state index in [1.807, 2.05) is 74.5 Å². The van der Waals surface area contributed by atoms with Gasteiger partial charge in [-0.25, -0.2) is 0 Å². The van der Waals surface area contributed by atoms with E-state index in [1.165, 1.54) is 0 Å². The van der Waals surface area contributed by atoms with E-state index in [4.69, 9.17) is 9.94 Å². The molecule has 0 saturated heterocycles. The molecule has 0 aromatic heterocycles. The third-order valence-electron chi connectivity index (χ3n) is 2.93. The first-order valence-electron chi connectivity index (χ1n) is 6.15. The van der Waals surface area contributed by atoms with Crippen LogP contribution in [-0.4, -0.2) is 11.1 Å². The van der Waals surface area contributed by atoms with Crippen LogP contribution in [0, 0.1) is 0 Å². The van der Waals surface area contributed by atoms with Crippen molar-refractivity contribution in [1.82, 2.24) is 0 Å². The molecule has 98 valence electrons. The minimum Gasteiger partial charge on any atom is -0.464 e. The topological polar surface area (TPSA) is 41.8 Å². The van der Waals surface area contributed by atoms with Crippen LogP contribution in [0.1, 0.15) is 25.0 Å². The Hall–Kier alpha value is -2.29. The summed E-state index contributed by atoms with van der Waals surface area (Å²) in [6.45, 7) is 3.88. The van der Waals surface area contributed by atoms with Gasteiger partial charge in [0.25, 0.3) is 5.90 Å². The maximum Gasteiger partial charge on any atom is 0.258 e. The van der Waals surface area contributed by atoms with Crippen molar-refractivity contribution >= 4 is 5.90 Å². The van der Waals surface area contributed by atoms with Crippen molar-refractivity contribution in [2.24, 2.45) is 5.16 Å². The number of ether oxygens (including phenoxy) is 1. The number of oxime groups is 1. The molecule has 0 radical (unpaired) electrons. The van der Waals surface area contributed by atoms with Gasteiger partial charge in [-0.3, -0.25) is 0 Å². The summed E-state index contributed by atoms with van der Waals surface area (Å²) in [6.07, 6.45) is 0. The summed E-state index contributed by atoms with van der Waals surface area (Å²) in [5, 5.41) is 12.4. The molecule has 0 unspecified atom stereocenters. The second-order valence-electron chi connectivity index (χ2n) is 4.75. The minimum atomic E-state index is -0.571. The fourth-order valence-corrected chi connectivity index (χ4v) is 1.86. The highest BCUT2D eigenvalue weighted by Gasteiger charge is 2.25. The Morgan fingerprint density at radius 2 is 1.47 bits per heavy atom. The van der Waals surface area contributed by atoms with E-state index in [9.17, 15) is 0 Å². The molecule has 0 fully saturated rings. The number of nitrogens with zero attached hydrogens (tertiary/aromatic N) is 1. The average Bonchev–Trinajstić information content (AvgIpc) is 2.47. The van der Waals surface area contributed by atoms with Crippen molar-refractivity contribution in [2.45, 2.75) is 19.4 Å². The molecular weight excluding hydrogens is 238 g/mol. The smallest absolute Gasteiger partial charge is 0.258 e. The lowest BCUT2D eigenvalue weighted by atomic mass is 9.98. The third-order valence-corrected chi connectivity index (χ3v) is 2.93. The first kappa shape index (κ1) is 13.1. The third kappa shape index (κ3) is 3.13. The molecule has 0 amide bonds. The monoisotopic (exact) mass is 255 g/mol. The SMILES string of the molecule is CC(C)(OC(=NO)c1ccccc1)c1ccccc1. The lowest BCUT2D eigenvalue weighted by Gasteiger charge is -2.27. The number of hydrogen-bond donors (Lipinski definition) is 1. The highest BCUT2D eigenvalue weighted by atomic mass is 16.5. The van der Waals surface area contributed by atoms with Gasteiger partial charge in [0, 0.05) is 5.56 Å². The largest absolute Gasteiger partial charge is 0.464 e. The van der Waals surface area contributed by atoms with Crippen molar-refractivity contribution < 1.29 is 9.94 Å². The Labute approximate surface area is 113 Å². The van der Waals surface area contributed by atoms with E-state index in [1.54, 1.807) is 0 Å². The van der Waals surface area contributed by atoms with E-state index in [-0.39, 0.29) is 5.90 Å². The second-order valence-corrected chi connectivity index (χ2v) is 4.75. The Balaban J connectivity index is 2.24. The van der Waals surface area contributed by atoms with Crippen molar-refractivity contribution in [3.8, 4) is 0 Å². The highest BCUT2D eigenvalue weighted by molar-refractivity contribution is 5.93. The summed E-state index contributed by atoms with van der Waals surface area (Å²) < 4.78 is 5.86. The van der Waals surface area contributed by atoms with Gasteiger partial charge < -0.3 is 9.94 Å². The van der Waals surface area contributed by atoms with Gasteiger partial charge in [0.1, 0.15) is 5.60 Å². The maximum atomic E-state index is 9.15. The van der Waals surface area contributed by atoms with E-state index in [0.29, 0.717) is 0 Å². The van der Waals surface area contributed by atoms with E-state index in [0.717, 1.165) is 11.1 Å². The van der Waals surface area contributed by atoms with Crippen molar-refractivity contribution in [3.05, 3.63) is 71.8 Å². The molecule has 2 aromatic rings. The maximum absolute atomic E-state index is 9.15. The van der Waals surface area contributed by atoms with Crippen molar-refractivity contribution in [3.63, 3.8) is 0 Å². The lowest BCUT2D eigenvalue weighted by Crippen LogP contribution is -2.26. The van der Waals surface area contributed by atoms with Crippen LogP contribution >= 0.6 is 0 Å². The quantitative estimate of drug-likeness (QED) is 0.392. The number of rotatable bonds is 3. The summed E-state index contributed by atoms with van der Waals surface area (Å²) in [7, 11) is 0. The summed E-state index contributed by atoms with van der Waals surface area (Å²) >= 11 is 0. The molecule has 0 spiro atoms. The van der Waals surface area contributed by atoms with Gasteiger partial charge in [-0.2, -0.15) is 0 Å². The molecule has 0 heterocycles. The summed E-state index contributed by atoms with van der Waals surface area (Å²) in [5.41, 5.74) is 1.19.